The molecule has 1 atom stereocenters. The second kappa shape index (κ2) is 5.35. The van der Waals surface area contributed by atoms with E-state index >= 15 is 0 Å². The van der Waals surface area contributed by atoms with Crippen LogP contribution in [0.15, 0.2) is 22.8 Å². The number of ketones is 1. The van der Waals surface area contributed by atoms with Gasteiger partial charge < -0.3 is 13.9 Å². The highest BCUT2D eigenvalue weighted by Gasteiger charge is 2.49. The van der Waals surface area contributed by atoms with E-state index in [1.165, 1.54) is 6.26 Å². The maximum absolute atomic E-state index is 12.1. The minimum absolute atomic E-state index is 0.0609. The molecule has 2 heterocycles. The Hall–Kier alpha value is -1.62. The van der Waals surface area contributed by atoms with Crippen molar-refractivity contribution in [3.63, 3.8) is 0 Å². The lowest BCUT2D eigenvalue weighted by Gasteiger charge is -2.32. The molecule has 0 N–H and O–H groups in total. The predicted octanol–water partition coefficient (Wildman–Crippen LogP) is 1.36. The summed E-state index contributed by atoms with van der Waals surface area (Å²) in [5.41, 5.74) is -1.24. The molecule has 18 heavy (non-hydrogen) atoms. The van der Waals surface area contributed by atoms with Crippen LogP contribution in [0.3, 0.4) is 0 Å². The van der Waals surface area contributed by atoms with Crippen molar-refractivity contribution in [3.8, 4) is 0 Å². The molecule has 0 spiro atoms. The van der Waals surface area contributed by atoms with E-state index in [-0.39, 0.29) is 31.8 Å². The number of rotatable bonds is 4. The van der Waals surface area contributed by atoms with Crippen LogP contribution in [0.2, 0.25) is 0 Å². The first kappa shape index (κ1) is 12.8. The quantitative estimate of drug-likeness (QED) is 0.598. The van der Waals surface area contributed by atoms with Gasteiger partial charge in [-0.05, 0) is 19.1 Å². The van der Waals surface area contributed by atoms with Crippen LogP contribution in [0.25, 0.3) is 0 Å². The van der Waals surface area contributed by atoms with Gasteiger partial charge in [0.25, 0.3) is 0 Å². The fourth-order valence-electron chi connectivity index (χ4n) is 2.11. The summed E-state index contributed by atoms with van der Waals surface area (Å²) < 4.78 is 15.6. The molecule has 0 saturated carbocycles. The lowest BCUT2D eigenvalue weighted by Crippen LogP contribution is -2.49. The molecule has 0 aliphatic carbocycles. The zero-order chi connectivity index (χ0) is 13.0. The molecule has 0 bridgehead atoms. The van der Waals surface area contributed by atoms with E-state index in [9.17, 15) is 9.59 Å². The van der Waals surface area contributed by atoms with E-state index in [0.29, 0.717) is 12.4 Å². The molecule has 1 unspecified atom stereocenters. The third kappa shape index (κ3) is 2.31. The van der Waals surface area contributed by atoms with Crippen LogP contribution in [0, 0.1) is 5.41 Å². The smallest absolute Gasteiger partial charge is 0.322 e. The topological polar surface area (TPSA) is 65.7 Å². The maximum atomic E-state index is 12.1. The van der Waals surface area contributed by atoms with Crippen LogP contribution in [-0.2, 0) is 25.5 Å². The highest BCUT2D eigenvalue weighted by Crippen LogP contribution is 2.31. The molecule has 1 aromatic heterocycles. The molecule has 1 aliphatic rings. The molecule has 5 heteroatoms. The highest BCUT2D eigenvalue weighted by molar-refractivity contribution is 6.04. The average molecular weight is 252 g/mol. The minimum Gasteiger partial charge on any atom is -0.469 e. The lowest BCUT2D eigenvalue weighted by atomic mass is 9.77. The fraction of sp³-hybridized carbons (Fsp3) is 0.538. The molecule has 0 aromatic carbocycles. The highest BCUT2D eigenvalue weighted by atomic mass is 16.5. The lowest BCUT2D eigenvalue weighted by molar-refractivity contribution is -0.169. The molecular formula is C13H16O5. The first-order valence-corrected chi connectivity index (χ1v) is 5.99. The first-order valence-electron chi connectivity index (χ1n) is 5.99. The standard InChI is InChI=1S/C13H16O5/c1-2-17-12(15)13(8-10-4-3-6-18-10)9-16-7-5-11(13)14/h3-4,6H,2,5,7-9H2,1H3. The van der Waals surface area contributed by atoms with E-state index in [4.69, 9.17) is 13.9 Å². The predicted molar refractivity (Wildman–Crippen MR) is 61.9 cm³/mol. The molecule has 0 radical (unpaired) electrons. The van der Waals surface area contributed by atoms with Crippen LogP contribution in [0.5, 0.6) is 0 Å². The van der Waals surface area contributed by atoms with Crippen molar-refractivity contribution in [2.24, 2.45) is 5.41 Å². The Kier molecular flexibility index (Phi) is 3.81. The van der Waals surface area contributed by atoms with E-state index in [0.717, 1.165) is 0 Å². The van der Waals surface area contributed by atoms with Crippen LogP contribution in [0.4, 0.5) is 0 Å². The summed E-state index contributed by atoms with van der Waals surface area (Å²) in [5, 5.41) is 0. The molecular weight excluding hydrogens is 236 g/mol. The van der Waals surface area contributed by atoms with Gasteiger partial charge in [-0.2, -0.15) is 0 Å². The van der Waals surface area contributed by atoms with E-state index in [1.807, 2.05) is 0 Å². The monoisotopic (exact) mass is 252 g/mol. The second-order valence-corrected chi connectivity index (χ2v) is 4.28. The third-order valence-corrected chi connectivity index (χ3v) is 3.08. The molecule has 1 aliphatic heterocycles. The van der Waals surface area contributed by atoms with Gasteiger partial charge >= 0.3 is 5.97 Å². The van der Waals surface area contributed by atoms with Crippen molar-refractivity contribution >= 4 is 11.8 Å². The van der Waals surface area contributed by atoms with Crippen molar-refractivity contribution in [2.45, 2.75) is 19.8 Å². The van der Waals surface area contributed by atoms with Gasteiger partial charge in [0.2, 0.25) is 0 Å². The second-order valence-electron chi connectivity index (χ2n) is 4.28. The SMILES string of the molecule is CCOC(=O)C1(Cc2ccco2)COCCC1=O. The van der Waals surface area contributed by atoms with Crippen molar-refractivity contribution < 1.29 is 23.5 Å². The van der Waals surface area contributed by atoms with Gasteiger partial charge in [-0.25, -0.2) is 0 Å². The number of carbonyl (C=O) groups excluding carboxylic acids is 2. The summed E-state index contributed by atoms with van der Waals surface area (Å²) in [6.07, 6.45) is 1.94. The number of Topliss-reactive ketones (excluding diaryl/α,β-unsaturated/α-hetero) is 1. The van der Waals surface area contributed by atoms with E-state index < -0.39 is 11.4 Å². The summed E-state index contributed by atoms with van der Waals surface area (Å²) in [5.74, 6) is -0.0726. The summed E-state index contributed by atoms with van der Waals surface area (Å²) >= 11 is 0. The van der Waals surface area contributed by atoms with Crippen molar-refractivity contribution in [3.05, 3.63) is 24.2 Å². The number of carbonyl (C=O) groups is 2. The number of hydrogen-bond donors (Lipinski definition) is 0. The average Bonchev–Trinajstić information content (AvgIpc) is 2.85. The molecule has 5 nitrogen and oxygen atoms in total. The van der Waals surface area contributed by atoms with Crippen LogP contribution < -0.4 is 0 Å². The fourth-order valence-corrected chi connectivity index (χ4v) is 2.11. The molecule has 1 fully saturated rings. The summed E-state index contributed by atoms with van der Waals surface area (Å²) in [7, 11) is 0. The largest absolute Gasteiger partial charge is 0.469 e. The molecule has 1 aromatic rings. The Balaban J connectivity index is 2.26. The summed E-state index contributed by atoms with van der Waals surface area (Å²) in [4.78, 5) is 24.2. The number of hydrogen-bond acceptors (Lipinski definition) is 5. The normalized spacial score (nSPS) is 23.9. The Morgan fingerprint density at radius 2 is 2.39 bits per heavy atom. The van der Waals surface area contributed by atoms with Gasteiger partial charge in [0.15, 0.2) is 11.2 Å². The van der Waals surface area contributed by atoms with Crippen LogP contribution in [0.1, 0.15) is 19.1 Å². The first-order chi connectivity index (χ1) is 8.69. The van der Waals surface area contributed by atoms with Gasteiger partial charge in [0.1, 0.15) is 5.76 Å². The van der Waals surface area contributed by atoms with Gasteiger partial charge in [-0.15, -0.1) is 0 Å². The Morgan fingerprint density at radius 1 is 1.56 bits per heavy atom. The number of ether oxygens (including phenoxy) is 2. The van der Waals surface area contributed by atoms with Crippen LogP contribution in [-0.4, -0.2) is 31.6 Å². The number of furan rings is 1. The van der Waals surface area contributed by atoms with Gasteiger partial charge in [-0.1, -0.05) is 0 Å². The van der Waals surface area contributed by atoms with Gasteiger partial charge in [0, 0.05) is 12.8 Å². The van der Waals surface area contributed by atoms with Crippen molar-refractivity contribution in [1.29, 1.82) is 0 Å². The summed E-state index contributed by atoms with van der Waals surface area (Å²) in [6, 6.07) is 3.46. The zero-order valence-corrected chi connectivity index (χ0v) is 10.3. The van der Waals surface area contributed by atoms with Crippen LogP contribution >= 0.6 is 0 Å². The summed E-state index contributed by atoms with van der Waals surface area (Å²) in [6.45, 7) is 2.38. The van der Waals surface area contributed by atoms with E-state index in [1.54, 1.807) is 19.1 Å². The third-order valence-electron chi connectivity index (χ3n) is 3.08. The van der Waals surface area contributed by atoms with Gasteiger partial charge in [-0.3, -0.25) is 9.59 Å². The van der Waals surface area contributed by atoms with E-state index in [2.05, 4.69) is 0 Å². The minimum atomic E-state index is -1.24. The molecule has 2 rings (SSSR count). The zero-order valence-electron chi connectivity index (χ0n) is 10.3. The van der Waals surface area contributed by atoms with Gasteiger partial charge in [0.05, 0.1) is 26.1 Å². The molecule has 1 saturated heterocycles. The number of esters is 1. The molecule has 0 amide bonds. The Labute approximate surface area is 105 Å². The molecule has 98 valence electrons. The van der Waals surface area contributed by atoms with Crippen molar-refractivity contribution in [2.75, 3.05) is 19.8 Å². The Morgan fingerprint density at radius 3 is 3.00 bits per heavy atom. The van der Waals surface area contributed by atoms with Crippen molar-refractivity contribution in [1.82, 2.24) is 0 Å². The Bertz CT molecular complexity index is 423. The maximum Gasteiger partial charge on any atom is 0.322 e.